The fraction of sp³-hybridized carbons (Fsp3) is 0.650. The normalized spacial score (nSPS) is 27.9. The summed E-state index contributed by atoms with van der Waals surface area (Å²) in [6.45, 7) is 5.00. The Bertz CT molecular complexity index is 688. The lowest BCUT2D eigenvalue weighted by atomic mass is 9.92. The van der Waals surface area contributed by atoms with Gasteiger partial charge in [0.15, 0.2) is 0 Å². The fourth-order valence-corrected chi connectivity index (χ4v) is 4.81. The van der Waals surface area contributed by atoms with Crippen molar-refractivity contribution < 1.29 is 13.6 Å². The SMILES string of the molecule is C=Cc1sc(C(=O)NC2CCC(F)(F)CC2)cc1C1CC1NCC1CC1. The van der Waals surface area contributed by atoms with Crippen LogP contribution < -0.4 is 10.6 Å². The van der Waals surface area contributed by atoms with Gasteiger partial charge in [0.05, 0.1) is 4.88 Å². The van der Waals surface area contributed by atoms with Crippen LogP contribution in [0, 0.1) is 5.92 Å². The zero-order valence-electron chi connectivity index (χ0n) is 14.9. The number of hydrogen-bond donors (Lipinski definition) is 2. The molecule has 2 atom stereocenters. The lowest BCUT2D eigenvalue weighted by molar-refractivity contribution is -0.0399. The molecular weight excluding hydrogens is 354 g/mol. The smallest absolute Gasteiger partial charge is 0.261 e. The summed E-state index contributed by atoms with van der Waals surface area (Å²) in [7, 11) is 0. The number of carbonyl (C=O) groups excluding carboxylic acids is 1. The number of carbonyl (C=O) groups is 1. The van der Waals surface area contributed by atoms with Crippen LogP contribution in [0.4, 0.5) is 8.78 Å². The summed E-state index contributed by atoms with van der Waals surface area (Å²) in [6.07, 6.45) is 6.06. The van der Waals surface area contributed by atoms with Gasteiger partial charge in [-0.25, -0.2) is 8.78 Å². The average molecular weight is 381 g/mol. The Morgan fingerprint density at radius 2 is 2.04 bits per heavy atom. The predicted molar refractivity (Wildman–Crippen MR) is 101 cm³/mol. The van der Waals surface area contributed by atoms with Gasteiger partial charge in [-0.2, -0.15) is 0 Å². The summed E-state index contributed by atoms with van der Waals surface area (Å²) in [4.78, 5) is 14.3. The van der Waals surface area contributed by atoms with E-state index in [0.29, 0.717) is 29.7 Å². The molecule has 0 bridgehead atoms. The number of alkyl halides is 2. The second kappa shape index (κ2) is 7.04. The number of rotatable bonds is 7. The Labute approximate surface area is 157 Å². The molecule has 142 valence electrons. The molecule has 3 saturated carbocycles. The second-order valence-corrected chi connectivity index (χ2v) is 9.12. The Balaban J connectivity index is 1.35. The van der Waals surface area contributed by atoms with Crippen molar-refractivity contribution in [3.8, 4) is 0 Å². The molecule has 2 unspecified atom stereocenters. The van der Waals surface area contributed by atoms with E-state index in [1.165, 1.54) is 29.7 Å². The molecule has 1 heterocycles. The van der Waals surface area contributed by atoms with E-state index in [1.54, 1.807) is 0 Å². The number of nitrogens with one attached hydrogen (secondary N) is 2. The molecule has 1 aromatic rings. The molecule has 2 N–H and O–H groups in total. The zero-order chi connectivity index (χ0) is 18.3. The second-order valence-electron chi connectivity index (χ2n) is 8.04. The van der Waals surface area contributed by atoms with E-state index in [2.05, 4.69) is 17.2 Å². The van der Waals surface area contributed by atoms with Crippen LogP contribution in [-0.2, 0) is 0 Å². The minimum atomic E-state index is -2.57. The van der Waals surface area contributed by atoms with E-state index in [4.69, 9.17) is 0 Å². The van der Waals surface area contributed by atoms with Crippen LogP contribution in [0.2, 0.25) is 0 Å². The first-order chi connectivity index (χ1) is 12.4. The molecule has 0 aliphatic heterocycles. The van der Waals surface area contributed by atoms with Crippen molar-refractivity contribution in [2.24, 2.45) is 5.92 Å². The molecule has 3 nitrogen and oxygen atoms in total. The Hall–Kier alpha value is -1.27. The van der Waals surface area contributed by atoms with Gasteiger partial charge in [0.2, 0.25) is 5.92 Å². The van der Waals surface area contributed by atoms with Crippen LogP contribution in [0.15, 0.2) is 12.6 Å². The first kappa shape index (κ1) is 18.1. The molecule has 3 aliphatic carbocycles. The maximum Gasteiger partial charge on any atom is 0.261 e. The van der Waals surface area contributed by atoms with E-state index in [9.17, 15) is 13.6 Å². The molecule has 1 aromatic heterocycles. The quantitative estimate of drug-likeness (QED) is 0.728. The van der Waals surface area contributed by atoms with Crippen molar-refractivity contribution in [2.45, 2.75) is 68.9 Å². The Kier molecular flexibility index (Phi) is 4.90. The molecule has 4 rings (SSSR count). The third-order valence-corrected chi connectivity index (χ3v) is 6.95. The maximum atomic E-state index is 13.3. The molecule has 0 saturated heterocycles. The molecule has 3 aliphatic rings. The van der Waals surface area contributed by atoms with Crippen LogP contribution in [0.1, 0.15) is 71.0 Å². The summed E-state index contributed by atoms with van der Waals surface area (Å²) in [5.41, 5.74) is 1.21. The Morgan fingerprint density at radius 1 is 1.31 bits per heavy atom. The lowest BCUT2D eigenvalue weighted by Gasteiger charge is -2.28. The maximum absolute atomic E-state index is 13.3. The molecule has 26 heavy (non-hydrogen) atoms. The molecule has 6 heteroatoms. The molecule has 0 spiro atoms. The first-order valence-corrected chi connectivity index (χ1v) is 10.4. The van der Waals surface area contributed by atoms with Crippen LogP contribution in [-0.4, -0.2) is 30.5 Å². The largest absolute Gasteiger partial charge is 0.349 e. The van der Waals surface area contributed by atoms with Crippen molar-refractivity contribution in [3.63, 3.8) is 0 Å². The summed E-state index contributed by atoms with van der Waals surface area (Å²) >= 11 is 1.46. The van der Waals surface area contributed by atoms with Crippen LogP contribution in [0.5, 0.6) is 0 Å². The summed E-state index contributed by atoms with van der Waals surface area (Å²) < 4.78 is 26.5. The summed E-state index contributed by atoms with van der Waals surface area (Å²) in [5.74, 6) is -1.38. The minimum absolute atomic E-state index is 0.136. The topological polar surface area (TPSA) is 41.1 Å². The van der Waals surface area contributed by atoms with E-state index < -0.39 is 5.92 Å². The van der Waals surface area contributed by atoms with Gasteiger partial charge >= 0.3 is 0 Å². The number of amides is 1. The van der Waals surface area contributed by atoms with E-state index in [-0.39, 0.29) is 24.8 Å². The van der Waals surface area contributed by atoms with E-state index in [1.807, 2.05) is 12.1 Å². The number of halogens is 2. The lowest BCUT2D eigenvalue weighted by Crippen LogP contribution is -2.40. The Morgan fingerprint density at radius 3 is 2.69 bits per heavy atom. The van der Waals surface area contributed by atoms with Crippen LogP contribution in [0.3, 0.4) is 0 Å². The molecule has 1 amide bonds. The summed E-state index contributed by atoms with van der Waals surface area (Å²) in [6, 6.07) is 2.35. The first-order valence-electron chi connectivity index (χ1n) is 9.63. The highest BCUT2D eigenvalue weighted by Gasteiger charge is 2.41. The summed E-state index contributed by atoms with van der Waals surface area (Å²) in [5, 5.41) is 6.57. The highest BCUT2D eigenvalue weighted by molar-refractivity contribution is 7.15. The van der Waals surface area contributed by atoms with Gasteiger partial charge in [0.1, 0.15) is 0 Å². The van der Waals surface area contributed by atoms with Crippen LogP contribution >= 0.6 is 11.3 Å². The van der Waals surface area contributed by atoms with Crippen molar-refractivity contribution in [3.05, 3.63) is 28.0 Å². The highest BCUT2D eigenvalue weighted by atomic mass is 32.1. The van der Waals surface area contributed by atoms with Crippen LogP contribution in [0.25, 0.3) is 6.08 Å². The van der Waals surface area contributed by atoms with Gasteiger partial charge in [-0.15, -0.1) is 11.3 Å². The standard InChI is InChI=1S/C20H26F2N2OS/c1-2-17-15(14-9-16(14)23-11-12-3-4-12)10-18(26-17)19(25)24-13-5-7-20(21,22)8-6-13/h2,10,12-14,16,23H,1,3-9,11H2,(H,24,25). The van der Waals surface area contributed by atoms with Crippen molar-refractivity contribution in [1.82, 2.24) is 10.6 Å². The molecular formula is C20H26F2N2OS. The van der Waals surface area contributed by atoms with E-state index >= 15 is 0 Å². The fourth-order valence-electron chi connectivity index (χ4n) is 3.83. The molecule has 0 aromatic carbocycles. The third-order valence-electron chi connectivity index (χ3n) is 5.81. The molecule has 0 radical (unpaired) electrons. The van der Waals surface area contributed by atoms with Crippen molar-refractivity contribution >= 4 is 23.3 Å². The van der Waals surface area contributed by atoms with Gasteiger partial charge in [0.25, 0.3) is 5.91 Å². The van der Waals surface area contributed by atoms with Crippen molar-refractivity contribution in [2.75, 3.05) is 6.54 Å². The number of thiophene rings is 1. The third kappa shape index (κ3) is 4.17. The average Bonchev–Trinajstić information content (AvgIpc) is 3.52. The van der Waals surface area contributed by atoms with E-state index in [0.717, 1.165) is 23.8 Å². The minimum Gasteiger partial charge on any atom is -0.349 e. The monoisotopic (exact) mass is 380 g/mol. The predicted octanol–water partition coefficient (Wildman–Crippen LogP) is 4.55. The highest BCUT2D eigenvalue weighted by Crippen LogP contribution is 2.45. The van der Waals surface area contributed by atoms with Gasteiger partial charge in [-0.1, -0.05) is 12.7 Å². The van der Waals surface area contributed by atoms with Gasteiger partial charge in [-0.3, -0.25) is 4.79 Å². The van der Waals surface area contributed by atoms with Crippen molar-refractivity contribution in [1.29, 1.82) is 0 Å². The molecule has 3 fully saturated rings. The van der Waals surface area contributed by atoms with Gasteiger partial charge < -0.3 is 10.6 Å². The van der Waals surface area contributed by atoms with Gasteiger partial charge in [0, 0.05) is 35.7 Å². The van der Waals surface area contributed by atoms with Gasteiger partial charge in [-0.05, 0) is 56.2 Å². The zero-order valence-corrected chi connectivity index (χ0v) is 15.7. The number of hydrogen-bond acceptors (Lipinski definition) is 3.